The molecule has 128 valence electrons. The Labute approximate surface area is 145 Å². The zero-order valence-corrected chi connectivity index (χ0v) is 15.1. The lowest BCUT2D eigenvalue weighted by atomic mass is 10.1. The van der Waals surface area contributed by atoms with Gasteiger partial charge in [-0.25, -0.2) is 0 Å². The van der Waals surface area contributed by atoms with Gasteiger partial charge in [0, 0.05) is 24.2 Å². The lowest BCUT2D eigenvalue weighted by Crippen LogP contribution is -2.08. The highest BCUT2D eigenvalue weighted by Crippen LogP contribution is 2.24. The summed E-state index contributed by atoms with van der Waals surface area (Å²) in [5.41, 5.74) is 2.65. The number of nitrogens with one attached hydrogen (secondary N) is 1. The Morgan fingerprint density at radius 3 is 2.71 bits per heavy atom. The number of hydrogen-bond donors (Lipinski definition) is 1. The lowest BCUT2D eigenvalue weighted by molar-refractivity contribution is 0.101. The SMILES string of the molecule is CC(=O)c1c(C)[nH]c(C(=O)CSc2nnc3n2CCCCC3)c1C. The number of Topliss-reactive ketones (excluding diaryl/α,β-unsaturated/α-hetero) is 2. The van der Waals surface area contributed by atoms with Crippen LogP contribution in [0.25, 0.3) is 0 Å². The maximum atomic E-state index is 12.6. The first-order valence-corrected chi connectivity index (χ1v) is 9.25. The second-order valence-electron chi connectivity index (χ2n) is 6.25. The summed E-state index contributed by atoms with van der Waals surface area (Å²) in [6, 6.07) is 0. The van der Waals surface area contributed by atoms with Gasteiger partial charge in [-0.3, -0.25) is 9.59 Å². The van der Waals surface area contributed by atoms with Crippen molar-refractivity contribution in [2.24, 2.45) is 0 Å². The quantitative estimate of drug-likeness (QED) is 0.664. The Morgan fingerprint density at radius 2 is 2.00 bits per heavy atom. The number of aromatic amines is 1. The fraction of sp³-hybridized carbons (Fsp3) is 0.529. The molecule has 6 nitrogen and oxygen atoms in total. The van der Waals surface area contributed by atoms with E-state index in [1.165, 1.54) is 25.1 Å². The molecule has 1 N–H and O–H groups in total. The number of rotatable bonds is 5. The Morgan fingerprint density at radius 1 is 1.21 bits per heavy atom. The predicted molar refractivity (Wildman–Crippen MR) is 92.9 cm³/mol. The Kier molecular flexibility index (Phi) is 4.89. The molecule has 0 aromatic carbocycles. The maximum absolute atomic E-state index is 12.6. The fourth-order valence-electron chi connectivity index (χ4n) is 3.32. The molecule has 2 aromatic rings. The van der Waals surface area contributed by atoms with Crippen molar-refractivity contribution in [2.75, 3.05) is 5.75 Å². The summed E-state index contributed by atoms with van der Waals surface area (Å²) in [7, 11) is 0. The first-order valence-electron chi connectivity index (χ1n) is 8.27. The largest absolute Gasteiger partial charge is 0.355 e. The van der Waals surface area contributed by atoms with Crippen molar-refractivity contribution in [2.45, 2.75) is 58.2 Å². The standard InChI is InChI=1S/C17H22N4O2S/c1-10-15(12(3)22)11(2)18-16(10)13(23)9-24-17-20-19-14-7-5-4-6-8-21(14)17/h18H,4-9H2,1-3H3. The summed E-state index contributed by atoms with van der Waals surface area (Å²) >= 11 is 1.42. The number of nitrogens with zero attached hydrogens (tertiary/aromatic N) is 3. The van der Waals surface area contributed by atoms with Crippen molar-refractivity contribution in [1.82, 2.24) is 19.7 Å². The van der Waals surface area contributed by atoms with Crippen LogP contribution in [0.15, 0.2) is 5.16 Å². The number of aromatic nitrogens is 4. The van der Waals surface area contributed by atoms with E-state index in [9.17, 15) is 9.59 Å². The molecule has 1 aliphatic heterocycles. The molecule has 0 aliphatic carbocycles. The molecule has 0 unspecified atom stereocenters. The van der Waals surface area contributed by atoms with Gasteiger partial charge in [0.1, 0.15) is 5.82 Å². The molecule has 0 saturated carbocycles. The monoisotopic (exact) mass is 346 g/mol. The highest BCUT2D eigenvalue weighted by atomic mass is 32.2. The number of carbonyl (C=O) groups is 2. The number of aryl methyl sites for hydroxylation is 2. The maximum Gasteiger partial charge on any atom is 0.191 e. The van der Waals surface area contributed by atoms with Crippen LogP contribution < -0.4 is 0 Å². The first-order chi connectivity index (χ1) is 11.5. The van der Waals surface area contributed by atoms with Crippen molar-refractivity contribution in [3.8, 4) is 0 Å². The van der Waals surface area contributed by atoms with E-state index >= 15 is 0 Å². The summed E-state index contributed by atoms with van der Waals surface area (Å²) in [5.74, 6) is 1.28. The zero-order chi connectivity index (χ0) is 17.3. The normalized spacial score (nSPS) is 14.3. The summed E-state index contributed by atoms with van der Waals surface area (Å²) in [6.45, 7) is 6.10. The van der Waals surface area contributed by atoms with Gasteiger partial charge in [-0.2, -0.15) is 0 Å². The number of thioether (sulfide) groups is 1. The van der Waals surface area contributed by atoms with Crippen LogP contribution in [-0.4, -0.2) is 37.1 Å². The summed E-state index contributed by atoms with van der Waals surface area (Å²) < 4.78 is 2.14. The van der Waals surface area contributed by atoms with Gasteiger partial charge in [-0.05, 0) is 39.2 Å². The highest BCUT2D eigenvalue weighted by Gasteiger charge is 2.21. The molecule has 0 saturated heterocycles. The highest BCUT2D eigenvalue weighted by molar-refractivity contribution is 7.99. The minimum atomic E-state index is -0.0178. The smallest absolute Gasteiger partial charge is 0.191 e. The third-order valence-electron chi connectivity index (χ3n) is 4.48. The Balaban J connectivity index is 1.74. The molecule has 0 spiro atoms. The van der Waals surface area contributed by atoms with Gasteiger partial charge < -0.3 is 9.55 Å². The minimum Gasteiger partial charge on any atom is -0.355 e. The second-order valence-corrected chi connectivity index (χ2v) is 7.20. The van der Waals surface area contributed by atoms with Crippen LogP contribution in [0.5, 0.6) is 0 Å². The molecule has 0 fully saturated rings. The fourth-order valence-corrected chi connectivity index (χ4v) is 4.18. The Hall–Kier alpha value is -1.89. The third kappa shape index (κ3) is 3.17. The second kappa shape index (κ2) is 6.93. The van der Waals surface area contributed by atoms with E-state index in [1.54, 1.807) is 0 Å². The van der Waals surface area contributed by atoms with Crippen LogP contribution in [-0.2, 0) is 13.0 Å². The molecule has 0 radical (unpaired) electrons. The van der Waals surface area contributed by atoms with E-state index in [0.717, 1.165) is 48.0 Å². The van der Waals surface area contributed by atoms with Gasteiger partial charge in [0.15, 0.2) is 16.7 Å². The topological polar surface area (TPSA) is 80.6 Å². The van der Waals surface area contributed by atoms with Crippen LogP contribution in [0.3, 0.4) is 0 Å². The van der Waals surface area contributed by atoms with Gasteiger partial charge in [0.05, 0.1) is 11.4 Å². The van der Waals surface area contributed by atoms with Crippen LogP contribution in [0, 0.1) is 13.8 Å². The Bertz CT molecular complexity index is 791. The average Bonchev–Trinajstić information content (AvgIpc) is 2.95. The number of fused-ring (bicyclic) bond motifs is 1. The van der Waals surface area contributed by atoms with Crippen LogP contribution >= 0.6 is 11.8 Å². The first kappa shape index (κ1) is 17.0. The van der Waals surface area contributed by atoms with E-state index in [1.807, 2.05) is 13.8 Å². The predicted octanol–water partition coefficient (Wildman–Crippen LogP) is 3.13. The summed E-state index contributed by atoms with van der Waals surface area (Å²) in [5, 5.41) is 9.31. The molecule has 24 heavy (non-hydrogen) atoms. The van der Waals surface area contributed by atoms with E-state index < -0.39 is 0 Å². The van der Waals surface area contributed by atoms with Crippen LogP contribution in [0.4, 0.5) is 0 Å². The molecule has 0 amide bonds. The van der Waals surface area contributed by atoms with E-state index in [4.69, 9.17) is 0 Å². The average molecular weight is 346 g/mol. The van der Waals surface area contributed by atoms with Crippen LogP contribution in [0.1, 0.15) is 64.1 Å². The number of carbonyl (C=O) groups excluding carboxylic acids is 2. The van der Waals surface area contributed by atoms with Crippen molar-refractivity contribution in [1.29, 1.82) is 0 Å². The molecule has 1 aliphatic rings. The number of ketones is 2. The molecule has 3 heterocycles. The molecule has 7 heteroatoms. The van der Waals surface area contributed by atoms with Gasteiger partial charge in [-0.1, -0.05) is 18.2 Å². The number of hydrogen-bond acceptors (Lipinski definition) is 5. The zero-order valence-electron chi connectivity index (χ0n) is 14.3. The molecule has 2 aromatic heterocycles. The molecule has 3 rings (SSSR count). The van der Waals surface area contributed by atoms with Crippen molar-refractivity contribution < 1.29 is 9.59 Å². The number of H-pyrrole nitrogens is 1. The molecular formula is C17H22N4O2S. The summed E-state index contributed by atoms with van der Waals surface area (Å²) in [6.07, 6.45) is 4.44. The van der Waals surface area contributed by atoms with Crippen LogP contribution in [0.2, 0.25) is 0 Å². The molecule has 0 bridgehead atoms. The van der Waals surface area contributed by atoms with E-state index in [-0.39, 0.29) is 17.3 Å². The van der Waals surface area contributed by atoms with Crippen molar-refractivity contribution >= 4 is 23.3 Å². The third-order valence-corrected chi connectivity index (χ3v) is 5.44. The molecule has 0 atom stereocenters. The minimum absolute atomic E-state index is 0.0147. The lowest BCUT2D eigenvalue weighted by Gasteiger charge is -2.06. The van der Waals surface area contributed by atoms with Gasteiger partial charge in [0.25, 0.3) is 0 Å². The van der Waals surface area contributed by atoms with Gasteiger partial charge in [-0.15, -0.1) is 10.2 Å². The van der Waals surface area contributed by atoms with E-state index in [0.29, 0.717) is 11.3 Å². The van der Waals surface area contributed by atoms with Gasteiger partial charge >= 0.3 is 0 Å². The van der Waals surface area contributed by atoms with E-state index in [2.05, 4.69) is 19.7 Å². The van der Waals surface area contributed by atoms with Crippen molar-refractivity contribution in [3.63, 3.8) is 0 Å². The molecular weight excluding hydrogens is 324 g/mol. The van der Waals surface area contributed by atoms with Gasteiger partial charge in [0.2, 0.25) is 0 Å². The summed E-state index contributed by atoms with van der Waals surface area (Å²) in [4.78, 5) is 27.3. The van der Waals surface area contributed by atoms with Crippen molar-refractivity contribution in [3.05, 3.63) is 28.3 Å².